The minimum atomic E-state index is -4.66. The van der Waals surface area contributed by atoms with Crippen LogP contribution >= 0.6 is 11.3 Å². The van der Waals surface area contributed by atoms with Gasteiger partial charge in [0.05, 0.1) is 10.6 Å². The molecule has 1 aromatic carbocycles. The zero-order valence-corrected chi connectivity index (χ0v) is 14.1. The Balaban J connectivity index is 1.95. The molecular weight excluding hydrogens is 369 g/mol. The Bertz CT molecular complexity index is 995. The normalized spacial score (nSPS) is 12.9. The van der Waals surface area contributed by atoms with Crippen LogP contribution in [0.3, 0.4) is 0 Å². The zero-order valence-electron chi connectivity index (χ0n) is 13.3. The molecule has 0 aliphatic carbocycles. The first-order valence-electron chi connectivity index (χ1n) is 7.50. The molecular formula is C16H11F3N4O2S. The Morgan fingerprint density at radius 1 is 1.31 bits per heavy atom. The second-order valence-electron chi connectivity index (χ2n) is 5.54. The van der Waals surface area contributed by atoms with Gasteiger partial charge in [0, 0.05) is 6.92 Å². The largest absolute Gasteiger partial charge is 0.483 e. The van der Waals surface area contributed by atoms with Gasteiger partial charge in [-0.2, -0.15) is 18.3 Å². The number of benzene rings is 1. The Morgan fingerprint density at radius 3 is 2.69 bits per heavy atom. The number of carbonyl (C=O) groups is 1. The van der Waals surface area contributed by atoms with Crippen molar-refractivity contribution >= 4 is 22.4 Å². The van der Waals surface area contributed by atoms with Crippen molar-refractivity contribution < 1.29 is 22.7 Å². The molecule has 26 heavy (non-hydrogen) atoms. The van der Waals surface area contributed by atoms with Gasteiger partial charge in [-0.05, 0) is 12.1 Å². The first-order chi connectivity index (χ1) is 12.3. The number of halogens is 3. The van der Waals surface area contributed by atoms with Gasteiger partial charge in [0.1, 0.15) is 18.0 Å². The van der Waals surface area contributed by atoms with Gasteiger partial charge in [-0.15, -0.1) is 0 Å². The molecule has 3 heterocycles. The molecule has 2 aromatic heterocycles. The minimum Gasteiger partial charge on any atom is -0.483 e. The summed E-state index contributed by atoms with van der Waals surface area (Å²) in [5.41, 5.74) is 0.0117. The molecule has 1 N–H and O–H groups in total. The zero-order chi connectivity index (χ0) is 18.5. The minimum absolute atomic E-state index is 0.123. The number of amides is 1. The maximum Gasteiger partial charge on any atom is 0.438 e. The highest BCUT2D eigenvalue weighted by Crippen LogP contribution is 2.48. The summed E-state index contributed by atoms with van der Waals surface area (Å²) >= 11 is 1.09. The summed E-state index contributed by atoms with van der Waals surface area (Å²) in [4.78, 5) is 16.0. The molecule has 0 saturated heterocycles. The molecule has 6 nitrogen and oxygen atoms in total. The van der Waals surface area contributed by atoms with Crippen molar-refractivity contribution in [2.24, 2.45) is 0 Å². The molecule has 0 unspecified atom stereocenters. The third-order valence-corrected chi connectivity index (χ3v) is 4.68. The van der Waals surface area contributed by atoms with Crippen LogP contribution in [0.25, 0.3) is 16.3 Å². The van der Waals surface area contributed by atoms with Crippen molar-refractivity contribution in [2.45, 2.75) is 19.7 Å². The Morgan fingerprint density at radius 2 is 2.04 bits per heavy atom. The van der Waals surface area contributed by atoms with E-state index in [-0.39, 0.29) is 24.0 Å². The van der Waals surface area contributed by atoms with E-state index in [4.69, 9.17) is 4.74 Å². The molecule has 1 aliphatic rings. The van der Waals surface area contributed by atoms with Crippen LogP contribution in [0, 0.1) is 0 Å². The molecule has 3 aromatic rings. The lowest BCUT2D eigenvalue weighted by atomic mass is 10.2. The van der Waals surface area contributed by atoms with Crippen molar-refractivity contribution in [3.8, 4) is 22.0 Å². The van der Waals surface area contributed by atoms with Crippen LogP contribution in [0.15, 0.2) is 30.3 Å². The molecule has 1 amide bonds. The Hall–Kier alpha value is -2.88. The van der Waals surface area contributed by atoms with Crippen molar-refractivity contribution in [1.29, 1.82) is 0 Å². The highest BCUT2D eigenvalue weighted by Gasteiger charge is 2.43. The summed E-state index contributed by atoms with van der Waals surface area (Å²) < 4.78 is 46.9. The van der Waals surface area contributed by atoms with Gasteiger partial charge in [-0.1, -0.05) is 29.5 Å². The van der Waals surface area contributed by atoms with Crippen molar-refractivity contribution in [3.05, 3.63) is 41.7 Å². The number of carbonyl (C=O) groups excluding carboxylic acids is 1. The molecule has 0 spiro atoms. The summed E-state index contributed by atoms with van der Waals surface area (Å²) in [6, 6.07) is 8.47. The van der Waals surface area contributed by atoms with E-state index in [1.54, 1.807) is 30.3 Å². The topological polar surface area (TPSA) is 69.0 Å². The van der Waals surface area contributed by atoms with E-state index >= 15 is 0 Å². The van der Waals surface area contributed by atoms with Gasteiger partial charge in [0.15, 0.2) is 10.9 Å². The van der Waals surface area contributed by atoms with E-state index in [1.807, 2.05) is 0 Å². The number of rotatable bonds is 2. The van der Waals surface area contributed by atoms with Gasteiger partial charge in [0.25, 0.3) is 0 Å². The van der Waals surface area contributed by atoms with Crippen LogP contribution < -0.4 is 10.1 Å². The molecule has 4 rings (SSSR count). The van der Waals surface area contributed by atoms with E-state index < -0.39 is 11.9 Å². The van der Waals surface area contributed by atoms with Crippen LogP contribution in [0.1, 0.15) is 18.3 Å². The maximum atomic E-state index is 13.4. The van der Waals surface area contributed by atoms with Crippen LogP contribution in [0.4, 0.5) is 18.3 Å². The number of alkyl halides is 3. The van der Waals surface area contributed by atoms with Crippen LogP contribution in [-0.4, -0.2) is 20.7 Å². The lowest BCUT2D eigenvalue weighted by Gasteiger charge is -2.15. The molecule has 0 saturated carbocycles. The summed E-state index contributed by atoms with van der Waals surface area (Å²) in [5, 5.41) is 6.61. The maximum absolute atomic E-state index is 13.4. The smallest absolute Gasteiger partial charge is 0.438 e. The Labute approximate surface area is 149 Å². The van der Waals surface area contributed by atoms with Crippen LogP contribution in [0.2, 0.25) is 0 Å². The quantitative estimate of drug-likeness (QED) is 0.733. The summed E-state index contributed by atoms with van der Waals surface area (Å²) in [7, 11) is 0. The number of thiazole rings is 1. The second kappa shape index (κ2) is 5.84. The molecule has 0 radical (unpaired) electrons. The molecule has 1 aliphatic heterocycles. The molecule has 10 heteroatoms. The number of anilines is 1. The van der Waals surface area contributed by atoms with Crippen molar-refractivity contribution in [3.63, 3.8) is 0 Å². The highest BCUT2D eigenvalue weighted by atomic mass is 32.1. The average molecular weight is 380 g/mol. The molecule has 0 bridgehead atoms. The number of fused-ring (bicyclic) bond motifs is 3. The molecule has 0 atom stereocenters. The van der Waals surface area contributed by atoms with Gasteiger partial charge in [-0.25, -0.2) is 9.67 Å². The van der Waals surface area contributed by atoms with Crippen molar-refractivity contribution in [2.75, 3.05) is 5.32 Å². The number of para-hydroxylation sites is 1. The van der Waals surface area contributed by atoms with E-state index in [2.05, 4.69) is 15.4 Å². The van der Waals surface area contributed by atoms with Crippen LogP contribution in [-0.2, 0) is 17.6 Å². The number of aromatic nitrogens is 3. The molecule has 0 fully saturated rings. The second-order valence-corrected chi connectivity index (χ2v) is 6.54. The van der Waals surface area contributed by atoms with E-state index in [0.29, 0.717) is 21.4 Å². The van der Waals surface area contributed by atoms with E-state index in [9.17, 15) is 18.0 Å². The first-order valence-corrected chi connectivity index (χ1v) is 8.32. The van der Waals surface area contributed by atoms with Crippen molar-refractivity contribution in [1.82, 2.24) is 14.8 Å². The SMILES string of the molecule is CC(=O)Nc1nc2c(s1)-c1c(c(C(F)(F)F)nn1-c1ccccc1)OC2. The standard InChI is InChI=1S/C16H11F3N4O2S/c1-8(24)20-15-21-10-7-25-12-11(13(10)26-15)23(9-5-3-2-4-6-9)22-14(12)16(17,18)19/h2-6H,7H2,1H3,(H,20,21,24). The monoisotopic (exact) mass is 380 g/mol. The average Bonchev–Trinajstić information content (AvgIpc) is 3.14. The van der Waals surface area contributed by atoms with Gasteiger partial charge in [0.2, 0.25) is 11.6 Å². The van der Waals surface area contributed by atoms with Gasteiger partial charge in [-0.3, -0.25) is 4.79 Å². The number of ether oxygens (including phenoxy) is 1. The van der Waals surface area contributed by atoms with Gasteiger partial charge < -0.3 is 10.1 Å². The third kappa shape index (κ3) is 2.71. The summed E-state index contributed by atoms with van der Waals surface area (Å²) in [6.45, 7) is 1.21. The highest BCUT2D eigenvalue weighted by molar-refractivity contribution is 7.19. The van der Waals surface area contributed by atoms with Gasteiger partial charge >= 0.3 is 6.18 Å². The lowest BCUT2D eigenvalue weighted by Crippen LogP contribution is -2.11. The summed E-state index contributed by atoms with van der Waals surface area (Å²) in [5.74, 6) is -0.642. The number of hydrogen-bond acceptors (Lipinski definition) is 5. The summed E-state index contributed by atoms with van der Waals surface area (Å²) in [6.07, 6.45) is -4.66. The first kappa shape index (κ1) is 16.6. The predicted octanol–water partition coefficient (Wildman–Crippen LogP) is 3.87. The lowest BCUT2D eigenvalue weighted by molar-refractivity contribution is -0.142. The fraction of sp³-hybridized carbons (Fsp3) is 0.188. The predicted molar refractivity (Wildman–Crippen MR) is 88.3 cm³/mol. The number of hydrogen-bond donors (Lipinski definition) is 1. The van der Waals surface area contributed by atoms with E-state index in [0.717, 1.165) is 11.3 Å². The molecule has 134 valence electrons. The number of nitrogens with one attached hydrogen (secondary N) is 1. The van der Waals surface area contributed by atoms with Crippen LogP contribution in [0.5, 0.6) is 5.75 Å². The Kier molecular flexibility index (Phi) is 3.72. The fourth-order valence-corrected chi connectivity index (χ4v) is 3.70. The van der Waals surface area contributed by atoms with E-state index in [1.165, 1.54) is 11.6 Å². The number of nitrogens with zero attached hydrogens (tertiary/aromatic N) is 3. The fourth-order valence-electron chi connectivity index (χ4n) is 2.66. The third-order valence-electron chi connectivity index (χ3n) is 3.66.